The van der Waals surface area contributed by atoms with Crippen LogP contribution in [0, 0.1) is 0 Å². The lowest BCUT2D eigenvalue weighted by Gasteiger charge is -2.26. The van der Waals surface area contributed by atoms with E-state index in [1.165, 1.54) is 25.3 Å². The third-order valence-electron chi connectivity index (χ3n) is 2.87. The van der Waals surface area contributed by atoms with Crippen molar-refractivity contribution in [3.63, 3.8) is 0 Å². The van der Waals surface area contributed by atoms with Gasteiger partial charge >= 0.3 is 5.97 Å². The summed E-state index contributed by atoms with van der Waals surface area (Å²) in [5.41, 5.74) is 4.14. The van der Waals surface area contributed by atoms with Crippen LogP contribution in [0.15, 0.2) is 18.2 Å². The summed E-state index contributed by atoms with van der Waals surface area (Å²) in [6, 6.07) is 5.07. The van der Waals surface area contributed by atoms with Gasteiger partial charge in [-0.3, -0.25) is 0 Å². The summed E-state index contributed by atoms with van der Waals surface area (Å²) in [6.45, 7) is 2.69. The van der Waals surface area contributed by atoms with Gasteiger partial charge in [0.05, 0.1) is 12.2 Å². The normalized spacial score (nSPS) is 16.9. The van der Waals surface area contributed by atoms with Crippen LogP contribution in [0.4, 0.5) is 0 Å². The average Bonchev–Trinajstić information content (AvgIpc) is 2.38. The van der Waals surface area contributed by atoms with Gasteiger partial charge in [0, 0.05) is 13.1 Å². The van der Waals surface area contributed by atoms with E-state index in [9.17, 15) is 4.79 Å². The molecule has 1 aliphatic rings. The fraction of sp³-hybridized carbons (Fsp3) is 0.500. The molecule has 17 heavy (non-hydrogen) atoms. The molecule has 2 rings (SSSR count). The highest BCUT2D eigenvalue weighted by molar-refractivity contribution is 5.85. The second kappa shape index (κ2) is 5.75. The van der Waals surface area contributed by atoms with Crippen LogP contribution < -0.4 is 5.43 Å². The molecule has 1 saturated heterocycles. The van der Waals surface area contributed by atoms with Gasteiger partial charge in [-0.15, -0.1) is 0 Å². The van der Waals surface area contributed by atoms with E-state index in [0.29, 0.717) is 6.54 Å². The molecule has 0 saturated carbocycles. The molecule has 1 aromatic heterocycles. The fourth-order valence-electron chi connectivity index (χ4n) is 1.94. The first-order valence-corrected chi connectivity index (χ1v) is 5.93. The van der Waals surface area contributed by atoms with Crippen LogP contribution in [0.3, 0.4) is 0 Å². The van der Waals surface area contributed by atoms with Crippen molar-refractivity contribution in [1.29, 1.82) is 0 Å². The molecule has 1 fully saturated rings. The van der Waals surface area contributed by atoms with Crippen LogP contribution in [-0.4, -0.2) is 34.2 Å². The third kappa shape index (κ3) is 3.51. The minimum absolute atomic E-state index is 0.0999. The molecule has 2 N–H and O–H groups in total. The third-order valence-corrected chi connectivity index (χ3v) is 2.87. The van der Waals surface area contributed by atoms with Gasteiger partial charge in [0.15, 0.2) is 0 Å². The van der Waals surface area contributed by atoms with Gasteiger partial charge in [0.25, 0.3) is 0 Å². The molecule has 0 atom stereocenters. The smallest absolute Gasteiger partial charge is 0.354 e. The quantitative estimate of drug-likeness (QED) is 0.822. The molecule has 1 aliphatic heterocycles. The minimum atomic E-state index is -0.982. The number of aromatic nitrogens is 1. The van der Waals surface area contributed by atoms with Crippen LogP contribution in [0.2, 0.25) is 0 Å². The number of nitrogens with zero attached hydrogens (tertiary/aromatic N) is 2. The Morgan fingerprint density at radius 3 is 2.82 bits per heavy atom. The number of piperidine rings is 1. The van der Waals surface area contributed by atoms with Gasteiger partial charge in [-0.1, -0.05) is 12.5 Å². The number of nitrogens with one attached hydrogen (secondary N) is 1. The summed E-state index contributed by atoms with van der Waals surface area (Å²) in [6.07, 6.45) is 3.73. The zero-order chi connectivity index (χ0) is 12.1. The first-order chi connectivity index (χ1) is 8.25. The van der Waals surface area contributed by atoms with Crippen LogP contribution in [0.25, 0.3) is 0 Å². The molecule has 0 bridgehead atoms. The maximum absolute atomic E-state index is 10.8. The largest absolute Gasteiger partial charge is 0.477 e. The lowest BCUT2D eigenvalue weighted by molar-refractivity contribution is 0.0690. The molecule has 92 valence electrons. The Labute approximate surface area is 100 Å². The maximum Gasteiger partial charge on any atom is 0.354 e. The number of carbonyl (C=O) groups is 1. The topological polar surface area (TPSA) is 65.5 Å². The van der Waals surface area contributed by atoms with E-state index in [1.54, 1.807) is 6.07 Å². The monoisotopic (exact) mass is 235 g/mol. The average molecular weight is 235 g/mol. The SMILES string of the molecule is O=C(O)c1cccc(CNN2CCCCC2)n1. The van der Waals surface area contributed by atoms with E-state index >= 15 is 0 Å². The molecule has 0 spiro atoms. The Kier molecular flexibility index (Phi) is 4.06. The fourth-order valence-corrected chi connectivity index (χ4v) is 1.94. The molecule has 5 heteroatoms. The molecule has 2 heterocycles. The Balaban J connectivity index is 1.89. The van der Waals surface area contributed by atoms with Gasteiger partial charge in [0.1, 0.15) is 5.69 Å². The van der Waals surface area contributed by atoms with Crippen molar-refractivity contribution in [1.82, 2.24) is 15.4 Å². The summed E-state index contributed by atoms with van der Waals surface area (Å²) >= 11 is 0. The first kappa shape index (κ1) is 12.0. The molecule has 0 unspecified atom stereocenters. The second-order valence-corrected chi connectivity index (χ2v) is 4.20. The number of hydrazine groups is 1. The number of carboxylic acid groups (broad SMARTS) is 1. The van der Waals surface area contributed by atoms with Crippen LogP contribution in [-0.2, 0) is 6.54 Å². The number of hydrogen-bond acceptors (Lipinski definition) is 4. The number of hydrogen-bond donors (Lipinski definition) is 2. The highest BCUT2D eigenvalue weighted by Gasteiger charge is 2.10. The van der Waals surface area contributed by atoms with Gasteiger partial charge in [-0.05, 0) is 25.0 Å². The number of aromatic carboxylic acids is 1. The van der Waals surface area contributed by atoms with E-state index in [-0.39, 0.29) is 5.69 Å². The zero-order valence-corrected chi connectivity index (χ0v) is 9.72. The standard InChI is InChI=1S/C12H17N3O2/c16-12(17)11-6-4-5-10(14-11)9-13-15-7-2-1-3-8-15/h4-6,13H,1-3,7-9H2,(H,16,17). The van der Waals surface area contributed by atoms with Crippen molar-refractivity contribution in [2.24, 2.45) is 0 Å². The summed E-state index contributed by atoms with van der Waals surface area (Å²) in [5.74, 6) is -0.982. The molecule has 0 aliphatic carbocycles. The predicted molar refractivity (Wildman–Crippen MR) is 63.5 cm³/mol. The van der Waals surface area contributed by atoms with Crippen molar-refractivity contribution < 1.29 is 9.90 Å². The Hall–Kier alpha value is -1.46. The van der Waals surface area contributed by atoms with E-state index in [2.05, 4.69) is 15.4 Å². The van der Waals surface area contributed by atoms with Crippen molar-refractivity contribution in [3.05, 3.63) is 29.6 Å². The molecule has 0 amide bonds. The Morgan fingerprint density at radius 1 is 1.35 bits per heavy atom. The predicted octanol–water partition coefficient (Wildman–Crippen LogP) is 1.27. The molecule has 1 aromatic rings. The van der Waals surface area contributed by atoms with Gasteiger partial charge in [-0.25, -0.2) is 20.2 Å². The van der Waals surface area contributed by atoms with Crippen LogP contribution >= 0.6 is 0 Å². The maximum atomic E-state index is 10.8. The number of rotatable bonds is 4. The van der Waals surface area contributed by atoms with E-state index in [4.69, 9.17) is 5.11 Å². The zero-order valence-electron chi connectivity index (χ0n) is 9.72. The first-order valence-electron chi connectivity index (χ1n) is 5.93. The lowest BCUT2D eigenvalue weighted by Crippen LogP contribution is -2.41. The molecule has 5 nitrogen and oxygen atoms in total. The number of carboxylic acids is 1. The molecule has 0 radical (unpaired) electrons. The van der Waals surface area contributed by atoms with E-state index in [0.717, 1.165) is 18.8 Å². The van der Waals surface area contributed by atoms with Gasteiger partial charge in [0.2, 0.25) is 0 Å². The molecular formula is C12H17N3O2. The number of pyridine rings is 1. The van der Waals surface area contributed by atoms with Gasteiger partial charge in [-0.2, -0.15) is 0 Å². The summed E-state index contributed by atoms with van der Waals surface area (Å²) in [5, 5.41) is 11.0. The van der Waals surface area contributed by atoms with Crippen molar-refractivity contribution >= 4 is 5.97 Å². The highest BCUT2D eigenvalue weighted by Crippen LogP contribution is 2.06. The summed E-state index contributed by atoms with van der Waals surface area (Å²) in [7, 11) is 0. The van der Waals surface area contributed by atoms with Crippen LogP contribution in [0.5, 0.6) is 0 Å². The van der Waals surface area contributed by atoms with Crippen molar-refractivity contribution in [2.45, 2.75) is 25.8 Å². The second-order valence-electron chi connectivity index (χ2n) is 4.20. The highest BCUT2D eigenvalue weighted by atomic mass is 16.4. The Morgan fingerprint density at radius 2 is 2.12 bits per heavy atom. The van der Waals surface area contributed by atoms with Crippen molar-refractivity contribution in [2.75, 3.05) is 13.1 Å². The summed E-state index contributed by atoms with van der Waals surface area (Å²) in [4.78, 5) is 14.8. The van der Waals surface area contributed by atoms with Gasteiger partial charge < -0.3 is 5.11 Å². The Bertz CT molecular complexity index is 389. The lowest BCUT2D eigenvalue weighted by atomic mass is 10.2. The van der Waals surface area contributed by atoms with E-state index < -0.39 is 5.97 Å². The minimum Gasteiger partial charge on any atom is -0.477 e. The molecular weight excluding hydrogens is 218 g/mol. The van der Waals surface area contributed by atoms with E-state index in [1.807, 2.05) is 6.07 Å². The molecule has 0 aromatic carbocycles. The van der Waals surface area contributed by atoms with Crippen molar-refractivity contribution in [3.8, 4) is 0 Å². The van der Waals surface area contributed by atoms with Crippen LogP contribution in [0.1, 0.15) is 35.4 Å². The summed E-state index contributed by atoms with van der Waals surface area (Å²) < 4.78 is 0.